The molecule has 0 spiro atoms. The van der Waals surface area contributed by atoms with E-state index in [1.165, 1.54) is 6.42 Å². The Labute approximate surface area is 241 Å². The van der Waals surface area contributed by atoms with Gasteiger partial charge in [0.05, 0.1) is 25.6 Å². The second kappa shape index (κ2) is 13.7. The SMILES string of the molecule is CCOc1nc(N)nc2c1ncn2C1OC(COP(NC(C)C(=O)OC2CCCCC2)Oc2ccccc2)CC1C. The van der Waals surface area contributed by atoms with Gasteiger partial charge in [0, 0.05) is 5.92 Å². The van der Waals surface area contributed by atoms with Gasteiger partial charge >= 0.3 is 14.5 Å². The number of benzene rings is 1. The largest absolute Gasteiger partial charge is 0.476 e. The van der Waals surface area contributed by atoms with Crippen LogP contribution >= 0.6 is 8.53 Å². The van der Waals surface area contributed by atoms with Crippen molar-refractivity contribution < 1.29 is 28.1 Å². The molecule has 3 aromatic rings. The third kappa shape index (κ3) is 7.43. The molecule has 1 aromatic carbocycles. The lowest BCUT2D eigenvalue weighted by molar-refractivity contribution is -0.152. The van der Waals surface area contributed by atoms with Crippen molar-refractivity contribution in [3.8, 4) is 11.6 Å². The Kier molecular flexibility index (Phi) is 9.87. The standard InChI is InChI=1S/C28H39N6O6P/c1-4-36-25-23-24(31-28(29)32-25)34(17-30-23)26-18(2)15-22(38-26)16-37-41(40-21-13-9-6-10-14-21)33-19(3)27(35)39-20-11-7-5-8-12-20/h6,9-10,13-14,17-20,22,26,33H,4-5,7-8,11-12,15-16H2,1-3H3,(H2,29,31,32). The summed E-state index contributed by atoms with van der Waals surface area (Å²) in [6.07, 6.45) is 7.09. The summed E-state index contributed by atoms with van der Waals surface area (Å²) in [6, 6.07) is 8.80. The summed E-state index contributed by atoms with van der Waals surface area (Å²) < 4.78 is 32.0. The van der Waals surface area contributed by atoms with Gasteiger partial charge in [-0.3, -0.25) is 9.36 Å². The monoisotopic (exact) mass is 586 g/mol. The highest BCUT2D eigenvalue weighted by atomic mass is 31.2. The van der Waals surface area contributed by atoms with Gasteiger partial charge in [-0.15, -0.1) is 0 Å². The van der Waals surface area contributed by atoms with Gasteiger partial charge in [-0.25, -0.2) is 10.1 Å². The Morgan fingerprint density at radius 3 is 2.76 bits per heavy atom. The molecule has 13 heteroatoms. The van der Waals surface area contributed by atoms with Crippen molar-refractivity contribution in [2.75, 3.05) is 18.9 Å². The molecule has 0 radical (unpaired) electrons. The van der Waals surface area contributed by atoms with Crippen LogP contribution in [0.5, 0.6) is 11.6 Å². The van der Waals surface area contributed by atoms with Gasteiger partial charge < -0.3 is 29.0 Å². The van der Waals surface area contributed by atoms with Crippen LogP contribution in [-0.4, -0.2) is 57.0 Å². The molecule has 41 heavy (non-hydrogen) atoms. The first-order valence-electron chi connectivity index (χ1n) is 14.3. The number of esters is 1. The highest BCUT2D eigenvalue weighted by molar-refractivity contribution is 7.45. The highest BCUT2D eigenvalue weighted by Gasteiger charge is 2.36. The van der Waals surface area contributed by atoms with Crippen LogP contribution in [0.25, 0.3) is 11.2 Å². The zero-order valence-electron chi connectivity index (χ0n) is 23.8. The van der Waals surface area contributed by atoms with Gasteiger partial charge in [0.1, 0.15) is 24.1 Å². The second-order valence-corrected chi connectivity index (χ2v) is 11.7. The van der Waals surface area contributed by atoms with Crippen LogP contribution in [0.4, 0.5) is 5.95 Å². The fraction of sp³-hybridized carbons (Fsp3) is 0.571. The minimum Gasteiger partial charge on any atom is -0.476 e. The summed E-state index contributed by atoms with van der Waals surface area (Å²) in [7, 11) is -1.67. The first-order chi connectivity index (χ1) is 19.9. The Hall–Kier alpha value is -3.05. The van der Waals surface area contributed by atoms with Crippen LogP contribution in [0.1, 0.15) is 65.5 Å². The van der Waals surface area contributed by atoms with Crippen LogP contribution < -0.4 is 20.1 Å². The third-order valence-electron chi connectivity index (χ3n) is 7.21. The van der Waals surface area contributed by atoms with E-state index in [4.69, 9.17) is 29.0 Å². The molecule has 1 saturated heterocycles. The summed E-state index contributed by atoms with van der Waals surface area (Å²) in [5.74, 6) is 0.954. The van der Waals surface area contributed by atoms with E-state index in [2.05, 4.69) is 27.0 Å². The van der Waals surface area contributed by atoms with Crippen LogP contribution in [0.3, 0.4) is 0 Å². The van der Waals surface area contributed by atoms with E-state index in [1.807, 2.05) is 41.8 Å². The predicted octanol–water partition coefficient (Wildman–Crippen LogP) is 4.91. The van der Waals surface area contributed by atoms with E-state index in [-0.39, 0.29) is 42.9 Å². The number of nitrogens with one attached hydrogen (secondary N) is 1. The van der Waals surface area contributed by atoms with Crippen LogP contribution in [0, 0.1) is 5.92 Å². The first kappa shape index (κ1) is 29.4. The maximum atomic E-state index is 12.8. The van der Waals surface area contributed by atoms with Crippen molar-refractivity contribution in [1.82, 2.24) is 24.6 Å². The average Bonchev–Trinajstić information content (AvgIpc) is 3.55. The molecule has 1 saturated carbocycles. The lowest BCUT2D eigenvalue weighted by Gasteiger charge is -2.26. The molecule has 2 aromatic heterocycles. The molecule has 3 N–H and O–H groups in total. The summed E-state index contributed by atoms with van der Waals surface area (Å²) in [5, 5.41) is 3.21. The molecule has 0 amide bonds. The lowest BCUT2D eigenvalue weighted by atomic mass is 9.98. The zero-order chi connectivity index (χ0) is 28.8. The summed E-state index contributed by atoms with van der Waals surface area (Å²) >= 11 is 0. The molecule has 1 aliphatic heterocycles. The normalized spacial score (nSPS) is 22.9. The van der Waals surface area contributed by atoms with Crippen LogP contribution in [0.2, 0.25) is 0 Å². The number of ether oxygens (including phenoxy) is 3. The smallest absolute Gasteiger partial charge is 0.323 e. The summed E-state index contributed by atoms with van der Waals surface area (Å²) in [4.78, 5) is 25.9. The van der Waals surface area contributed by atoms with Gasteiger partial charge in [0.15, 0.2) is 11.2 Å². The Bertz CT molecular complexity index is 1290. The first-order valence-corrected chi connectivity index (χ1v) is 15.5. The average molecular weight is 587 g/mol. The number of carbonyl (C=O) groups is 1. The molecule has 2 fully saturated rings. The van der Waals surface area contributed by atoms with E-state index < -0.39 is 14.6 Å². The highest BCUT2D eigenvalue weighted by Crippen LogP contribution is 2.41. The third-order valence-corrected chi connectivity index (χ3v) is 8.57. The van der Waals surface area contributed by atoms with Gasteiger partial charge in [-0.2, -0.15) is 9.97 Å². The van der Waals surface area contributed by atoms with E-state index in [9.17, 15) is 4.79 Å². The number of carbonyl (C=O) groups excluding carboxylic acids is 1. The van der Waals surface area contributed by atoms with E-state index in [0.29, 0.717) is 29.4 Å². The predicted molar refractivity (Wildman–Crippen MR) is 154 cm³/mol. The number of para-hydroxylation sites is 1. The second-order valence-electron chi connectivity index (χ2n) is 10.5. The van der Waals surface area contributed by atoms with E-state index in [0.717, 1.165) is 32.1 Å². The fourth-order valence-electron chi connectivity index (χ4n) is 5.17. The van der Waals surface area contributed by atoms with Gasteiger partial charge in [-0.1, -0.05) is 31.5 Å². The number of hydrogen-bond acceptors (Lipinski definition) is 11. The van der Waals surface area contributed by atoms with Gasteiger partial charge in [0.2, 0.25) is 11.8 Å². The number of nitrogens with two attached hydrogens (primary N) is 1. The minimum absolute atomic E-state index is 0.0162. The molecule has 5 atom stereocenters. The number of rotatable bonds is 12. The number of aromatic nitrogens is 4. The van der Waals surface area contributed by atoms with E-state index in [1.54, 1.807) is 13.3 Å². The van der Waals surface area contributed by atoms with Crippen molar-refractivity contribution in [1.29, 1.82) is 0 Å². The topological polar surface area (TPSA) is 145 Å². The molecule has 12 nitrogen and oxygen atoms in total. The van der Waals surface area contributed by atoms with Crippen LogP contribution in [0.15, 0.2) is 36.7 Å². The lowest BCUT2D eigenvalue weighted by Crippen LogP contribution is -2.36. The molecule has 2 aliphatic rings. The van der Waals surface area contributed by atoms with E-state index >= 15 is 0 Å². The van der Waals surface area contributed by atoms with Crippen molar-refractivity contribution in [3.63, 3.8) is 0 Å². The number of nitrogen functional groups attached to an aromatic ring is 1. The van der Waals surface area contributed by atoms with Crippen molar-refractivity contribution in [3.05, 3.63) is 36.7 Å². The van der Waals surface area contributed by atoms with Gasteiger partial charge in [0.25, 0.3) is 0 Å². The minimum atomic E-state index is -1.67. The van der Waals surface area contributed by atoms with Crippen molar-refractivity contribution >= 4 is 31.6 Å². The Morgan fingerprint density at radius 2 is 2.00 bits per heavy atom. The fourth-order valence-corrected chi connectivity index (χ4v) is 6.39. The zero-order valence-corrected chi connectivity index (χ0v) is 24.7. The number of nitrogens with zero attached hydrogens (tertiary/aromatic N) is 4. The molecule has 222 valence electrons. The maximum absolute atomic E-state index is 12.8. The molecule has 0 bridgehead atoms. The number of fused-ring (bicyclic) bond motifs is 1. The number of imidazole rings is 1. The number of anilines is 1. The summed E-state index contributed by atoms with van der Waals surface area (Å²) in [6.45, 7) is 6.46. The summed E-state index contributed by atoms with van der Waals surface area (Å²) in [5.41, 5.74) is 7.04. The molecule has 1 aliphatic carbocycles. The molecular weight excluding hydrogens is 547 g/mol. The molecule has 5 unspecified atom stereocenters. The molecule has 5 rings (SSSR count). The quantitative estimate of drug-likeness (QED) is 0.221. The van der Waals surface area contributed by atoms with Crippen molar-refractivity contribution in [2.45, 2.75) is 83.8 Å². The Morgan fingerprint density at radius 1 is 1.22 bits per heavy atom. The number of hydrogen-bond donors (Lipinski definition) is 2. The molecular formula is C28H39N6O6P. The Balaban J connectivity index is 1.23. The molecule has 3 heterocycles. The maximum Gasteiger partial charge on any atom is 0.323 e. The van der Waals surface area contributed by atoms with Crippen LogP contribution in [-0.2, 0) is 18.8 Å². The van der Waals surface area contributed by atoms with Crippen molar-refractivity contribution in [2.24, 2.45) is 5.92 Å². The van der Waals surface area contributed by atoms with Gasteiger partial charge in [-0.05, 0) is 58.1 Å².